The third-order valence-corrected chi connectivity index (χ3v) is 6.51. The molecule has 0 radical (unpaired) electrons. The van der Waals surface area contributed by atoms with Crippen LogP contribution in [0.25, 0.3) is 0 Å². The van der Waals surface area contributed by atoms with Gasteiger partial charge in [0.25, 0.3) is 0 Å². The topological polar surface area (TPSA) is 21.3 Å². The lowest BCUT2D eigenvalue weighted by atomic mass is 10.0. The molecule has 24 heavy (non-hydrogen) atoms. The van der Waals surface area contributed by atoms with E-state index in [1.54, 1.807) is 0 Å². The summed E-state index contributed by atoms with van der Waals surface area (Å²) in [6, 6.07) is 7.35. The van der Waals surface area contributed by atoms with Gasteiger partial charge in [0.2, 0.25) is 0 Å². The van der Waals surface area contributed by atoms with Crippen LogP contribution < -0.4 is 10.1 Å². The number of ether oxygens (including phenoxy) is 1. The summed E-state index contributed by atoms with van der Waals surface area (Å²) >= 11 is 1.97. The lowest BCUT2D eigenvalue weighted by Gasteiger charge is -2.19. The van der Waals surface area contributed by atoms with Gasteiger partial charge in [-0.25, -0.2) is 0 Å². The first-order valence-corrected chi connectivity index (χ1v) is 11.0. The van der Waals surface area contributed by atoms with Crippen LogP contribution in [0.3, 0.4) is 0 Å². The molecule has 0 aromatic heterocycles. The molecule has 1 aromatic rings. The number of hydrogen-bond acceptors (Lipinski definition) is 3. The van der Waals surface area contributed by atoms with Crippen molar-refractivity contribution in [2.45, 2.75) is 81.6 Å². The Morgan fingerprint density at radius 1 is 1.04 bits per heavy atom. The summed E-state index contributed by atoms with van der Waals surface area (Å²) in [4.78, 5) is 1.41. The lowest BCUT2D eigenvalue weighted by molar-refractivity contribution is 0.296. The number of rotatable bonds is 8. The monoisotopic (exact) mass is 347 g/mol. The maximum atomic E-state index is 6.08. The summed E-state index contributed by atoms with van der Waals surface area (Å²) < 4.78 is 6.08. The van der Waals surface area contributed by atoms with Crippen LogP contribution in [0.15, 0.2) is 23.1 Å². The summed E-state index contributed by atoms with van der Waals surface area (Å²) in [5.74, 6) is 2.36. The zero-order valence-corrected chi connectivity index (χ0v) is 15.8. The molecule has 1 fully saturated rings. The highest BCUT2D eigenvalue weighted by Gasteiger charge is 2.14. The van der Waals surface area contributed by atoms with E-state index in [1.807, 2.05) is 11.8 Å². The Labute approximate surface area is 152 Å². The first kappa shape index (κ1) is 18.1. The Morgan fingerprint density at radius 2 is 2.00 bits per heavy atom. The van der Waals surface area contributed by atoms with Crippen molar-refractivity contribution in [3.8, 4) is 5.75 Å². The molecule has 2 nitrogen and oxygen atoms in total. The minimum atomic E-state index is 0.789. The highest BCUT2D eigenvalue weighted by molar-refractivity contribution is 7.99. The number of nitrogens with one attached hydrogen (secondary N) is 1. The van der Waals surface area contributed by atoms with E-state index in [-0.39, 0.29) is 0 Å². The zero-order valence-electron chi connectivity index (χ0n) is 15.0. The molecule has 1 unspecified atom stereocenters. The van der Waals surface area contributed by atoms with Crippen molar-refractivity contribution in [2.24, 2.45) is 0 Å². The average Bonchev–Trinajstić information content (AvgIpc) is 2.90. The van der Waals surface area contributed by atoms with Crippen molar-refractivity contribution in [2.75, 3.05) is 18.9 Å². The predicted octanol–water partition coefficient (Wildman–Crippen LogP) is 5.59. The molecule has 0 bridgehead atoms. The van der Waals surface area contributed by atoms with Crippen LogP contribution in [-0.2, 0) is 6.42 Å². The molecule has 3 heteroatoms. The smallest absolute Gasteiger partial charge is 0.133 e. The van der Waals surface area contributed by atoms with Crippen LogP contribution in [0.1, 0.15) is 69.8 Å². The van der Waals surface area contributed by atoms with Gasteiger partial charge in [0, 0.05) is 6.04 Å². The molecule has 2 aliphatic rings. The number of aryl methyl sites for hydroxylation is 1. The van der Waals surface area contributed by atoms with Crippen molar-refractivity contribution in [1.82, 2.24) is 5.32 Å². The molecule has 2 aliphatic heterocycles. The van der Waals surface area contributed by atoms with Crippen LogP contribution >= 0.6 is 11.8 Å². The minimum Gasteiger partial charge on any atom is -0.492 e. The third kappa shape index (κ3) is 5.70. The SMILES string of the molecule is c1cc2c(c(OCCCCCCC3CCCCCN3)c1)SCCC2. The molecule has 0 spiro atoms. The van der Waals surface area contributed by atoms with Gasteiger partial charge >= 0.3 is 0 Å². The normalized spacial score (nSPS) is 21.1. The van der Waals surface area contributed by atoms with Crippen molar-refractivity contribution in [1.29, 1.82) is 0 Å². The number of hydrogen-bond donors (Lipinski definition) is 1. The number of benzene rings is 1. The Balaban J connectivity index is 1.28. The second kappa shape index (κ2) is 10.4. The molecule has 0 amide bonds. The Kier molecular flexibility index (Phi) is 7.82. The highest BCUT2D eigenvalue weighted by atomic mass is 32.2. The maximum Gasteiger partial charge on any atom is 0.133 e. The fraction of sp³-hybridized carbons (Fsp3) is 0.714. The highest BCUT2D eigenvalue weighted by Crippen LogP contribution is 2.37. The summed E-state index contributed by atoms with van der Waals surface area (Å²) in [5.41, 5.74) is 1.49. The van der Waals surface area contributed by atoms with Crippen LogP contribution in [0.2, 0.25) is 0 Å². The van der Waals surface area contributed by atoms with E-state index in [2.05, 4.69) is 23.5 Å². The largest absolute Gasteiger partial charge is 0.492 e. The first-order valence-electron chi connectivity index (χ1n) is 10.0. The average molecular weight is 348 g/mol. The molecule has 1 saturated heterocycles. The van der Waals surface area contributed by atoms with Gasteiger partial charge in [-0.05, 0) is 62.5 Å². The van der Waals surface area contributed by atoms with Crippen LogP contribution in [-0.4, -0.2) is 24.9 Å². The number of thioether (sulfide) groups is 1. The molecule has 1 N–H and O–H groups in total. The molecular weight excluding hydrogens is 314 g/mol. The van der Waals surface area contributed by atoms with E-state index in [9.17, 15) is 0 Å². The van der Waals surface area contributed by atoms with Gasteiger partial charge in [-0.2, -0.15) is 0 Å². The van der Waals surface area contributed by atoms with E-state index in [1.165, 1.54) is 93.4 Å². The van der Waals surface area contributed by atoms with E-state index in [0.717, 1.165) is 18.4 Å². The molecule has 3 rings (SSSR count). The molecule has 1 atom stereocenters. The van der Waals surface area contributed by atoms with Crippen molar-refractivity contribution >= 4 is 11.8 Å². The summed E-state index contributed by atoms with van der Waals surface area (Å²) in [6.45, 7) is 2.11. The molecule has 0 aliphatic carbocycles. The molecule has 1 aromatic carbocycles. The number of fused-ring (bicyclic) bond motifs is 1. The van der Waals surface area contributed by atoms with E-state index in [4.69, 9.17) is 4.74 Å². The van der Waals surface area contributed by atoms with Gasteiger partial charge in [0.1, 0.15) is 5.75 Å². The van der Waals surface area contributed by atoms with E-state index in [0.29, 0.717) is 0 Å². The van der Waals surface area contributed by atoms with Gasteiger partial charge in [-0.15, -0.1) is 11.8 Å². The van der Waals surface area contributed by atoms with E-state index < -0.39 is 0 Å². The van der Waals surface area contributed by atoms with Gasteiger partial charge in [0.15, 0.2) is 0 Å². The Bertz CT molecular complexity index is 483. The molecule has 0 saturated carbocycles. The minimum absolute atomic E-state index is 0.789. The lowest BCUT2D eigenvalue weighted by Crippen LogP contribution is -2.27. The molecular formula is C21H33NOS. The Morgan fingerprint density at radius 3 is 3.00 bits per heavy atom. The maximum absolute atomic E-state index is 6.08. The van der Waals surface area contributed by atoms with Gasteiger partial charge in [-0.3, -0.25) is 0 Å². The summed E-state index contributed by atoms with van der Waals surface area (Å²) in [6.07, 6.45) is 14.7. The van der Waals surface area contributed by atoms with Gasteiger partial charge in [0.05, 0.1) is 11.5 Å². The Hall–Kier alpha value is -0.670. The predicted molar refractivity (Wildman–Crippen MR) is 104 cm³/mol. The first-order chi connectivity index (χ1) is 11.9. The van der Waals surface area contributed by atoms with Gasteiger partial charge < -0.3 is 10.1 Å². The van der Waals surface area contributed by atoms with Crippen molar-refractivity contribution in [3.63, 3.8) is 0 Å². The van der Waals surface area contributed by atoms with Crippen LogP contribution in [0.5, 0.6) is 5.75 Å². The van der Waals surface area contributed by atoms with Crippen LogP contribution in [0, 0.1) is 0 Å². The quantitative estimate of drug-likeness (QED) is 0.620. The fourth-order valence-corrected chi connectivity index (χ4v) is 4.97. The van der Waals surface area contributed by atoms with Crippen LogP contribution in [0.4, 0.5) is 0 Å². The second-order valence-corrected chi connectivity index (χ2v) is 8.35. The van der Waals surface area contributed by atoms with E-state index >= 15 is 0 Å². The van der Waals surface area contributed by atoms with Gasteiger partial charge in [-0.1, -0.05) is 44.2 Å². The zero-order chi connectivity index (χ0) is 16.5. The molecule has 2 heterocycles. The standard InChI is InChI=1S/C21H33NOS/c1(4-12-19-13-5-3-6-15-22-19)2-7-16-23-20-14-8-10-18-11-9-17-24-21(18)20/h8,10,14,19,22H,1-7,9,11-13,15-17H2. The fourth-order valence-electron chi connectivity index (χ4n) is 3.85. The molecule has 134 valence electrons. The second-order valence-electron chi connectivity index (χ2n) is 7.25. The number of unbranched alkanes of at least 4 members (excludes halogenated alkanes) is 3. The van der Waals surface area contributed by atoms with Crippen molar-refractivity contribution in [3.05, 3.63) is 23.8 Å². The summed E-state index contributed by atoms with van der Waals surface area (Å²) in [7, 11) is 0. The van der Waals surface area contributed by atoms with Crippen molar-refractivity contribution < 1.29 is 4.74 Å². The summed E-state index contributed by atoms with van der Waals surface area (Å²) in [5, 5.41) is 3.71. The third-order valence-electron chi connectivity index (χ3n) is 5.26.